The second kappa shape index (κ2) is 5.70. The van der Waals surface area contributed by atoms with Crippen LogP contribution in [-0.2, 0) is 4.79 Å². The van der Waals surface area contributed by atoms with E-state index in [0.29, 0.717) is 12.2 Å². The van der Waals surface area contributed by atoms with Crippen LogP contribution in [0.5, 0.6) is 0 Å². The molecule has 3 nitrogen and oxygen atoms in total. The van der Waals surface area contributed by atoms with Gasteiger partial charge in [0.05, 0.1) is 5.41 Å². The molecule has 0 spiro atoms. The molecule has 19 heavy (non-hydrogen) atoms. The molecule has 2 rings (SSSR count). The summed E-state index contributed by atoms with van der Waals surface area (Å²) in [5.41, 5.74) is 5.99. The molecule has 0 radical (unpaired) electrons. The van der Waals surface area contributed by atoms with Gasteiger partial charge in [-0.05, 0) is 31.0 Å². The van der Waals surface area contributed by atoms with E-state index >= 15 is 0 Å². The largest absolute Gasteiger partial charge is 0.329 e. The number of nitrogens with two attached hydrogens (primary N) is 1. The summed E-state index contributed by atoms with van der Waals surface area (Å²) in [4.78, 5) is 14.2. The number of benzene rings is 1. The van der Waals surface area contributed by atoms with Crippen LogP contribution in [0.1, 0.15) is 32.1 Å². The van der Waals surface area contributed by atoms with Crippen LogP contribution in [-0.4, -0.2) is 19.5 Å². The maximum absolute atomic E-state index is 13.2. The molecule has 1 aliphatic carbocycles. The third kappa shape index (κ3) is 2.78. The van der Waals surface area contributed by atoms with Gasteiger partial charge in [0.15, 0.2) is 0 Å². The first kappa shape index (κ1) is 14.0. The summed E-state index contributed by atoms with van der Waals surface area (Å²) < 4.78 is 13.2. The molecule has 0 bridgehead atoms. The standard InChI is InChI=1S/C15H21FN2O/c1-18(13-7-5-6-12(16)10-13)14(19)15(11-17)8-3-2-4-9-15/h5-7,10H,2-4,8-9,11,17H2,1H3. The predicted molar refractivity (Wildman–Crippen MR) is 74.4 cm³/mol. The molecule has 1 aliphatic rings. The number of nitrogens with zero attached hydrogens (tertiary/aromatic N) is 1. The van der Waals surface area contributed by atoms with Gasteiger partial charge in [0, 0.05) is 19.3 Å². The Labute approximate surface area is 113 Å². The van der Waals surface area contributed by atoms with Crippen molar-refractivity contribution in [2.45, 2.75) is 32.1 Å². The molecule has 1 aromatic carbocycles. The van der Waals surface area contributed by atoms with Gasteiger partial charge >= 0.3 is 0 Å². The van der Waals surface area contributed by atoms with Gasteiger partial charge in [0.25, 0.3) is 0 Å². The topological polar surface area (TPSA) is 46.3 Å². The first-order valence-electron chi connectivity index (χ1n) is 6.83. The van der Waals surface area contributed by atoms with E-state index in [-0.39, 0.29) is 11.7 Å². The quantitative estimate of drug-likeness (QED) is 0.912. The Bertz CT molecular complexity index is 455. The summed E-state index contributed by atoms with van der Waals surface area (Å²) in [5.74, 6) is -0.317. The van der Waals surface area contributed by atoms with Gasteiger partial charge in [-0.1, -0.05) is 25.3 Å². The summed E-state index contributed by atoms with van der Waals surface area (Å²) in [5, 5.41) is 0. The molecule has 1 fully saturated rings. The Hall–Kier alpha value is -1.42. The number of hydrogen-bond donors (Lipinski definition) is 1. The molecule has 0 aromatic heterocycles. The summed E-state index contributed by atoms with van der Waals surface area (Å²) in [7, 11) is 1.70. The third-order valence-corrected chi connectivity index (χ3v) is 4.16. The van der Waals surface area contributed by atoms with E-state index in [1.807, 2.05) is 0 Å². The van der Waals surface area contributed by atoms with Crippen molar-refractivity contribution in [2.24, 2.45) is 11.1 Å². The van der Waals surface area contributed by atoms with Crippen LogP contribution < -0.4 is 10.6 Å². The Morgan fingerprint density at radius 3 is 2.63 bits per heavy atom. The fourth-order valence-electron chi connectivity index (χ4n) is 2.89. The molecule has 0 atom stereocenters. The molecule has 1 saturated carbocycles. The van der Waals surface area contributed by atoms with Crippen LogP contribution >= 0.6 is 0 Å². The number of carbonyl (C=O) groups is 1. The maximum atomic E-state index is 13.2. The van der Waals surface area contributed by atoms with Crippen molar-refractivity contribution in [3.8, 4) is 0 Å². The highest BCUT2D eigenvalue weighted by molar-refractivity contribution is 5.97. The van der Waals surface area contributed by atoms with Crippen molar-refractivity contribution in [3.63, 3.8) is 0 Å². The number of hydrogen-bond acceptors (Lipinski definition) is 2. The van der Waals surface area contributed by atoms with E-state index in [4.69, 9.17) is 5.73 Å². The van der Waals surface area contributed by atoms with Gasteiger partial charge in [-0.25, -0.2) is 4.39 Å². The summed E-state index contributed by atoms with van der Waals surface area (Å²) in [6.07, 6.45) is 4.92. The third-order valence-electron chi connectivity index (χ3n) is 4.16. The van der Waals surface area contributed by atoms with Gasteiger partial charge in [-0.2, -0.15) is 0 Å². The molecule has 0 aliphatic heterocycles. The number of anilines is 1. The van der Waals surface area contributed by atoms with Crippen LogP contribution in [0.4, 0.5) is 10.1 Å². The zero-order valence-corrected chi connectivity index (χ0v) is 11.4. The van der Waals surface area contributed by atoms with Gasteiger partial charge in [0.2, 0.25) is 5.91 Å². The van der Waals surface area contributed by atoms with Crippen LogP contribution in [0.2, 0.25) is 0 Å². The first-order chi connectivity index (χ1) is 9.09. The highest BCUT2D eigenvalue weighted by atomic mass is 19.1. The van der Waals surface area contributed by atoms with Crippen molar-refractivity contribution < 1.29 is 9.18 Å². The lowest BCUT2D eigenvalue weighted by molar-refractivity contribution is -0.129. The van der Waals surface area contributed by atoms with Gasteiger partial charge in [-0.15, -0.1) is 0 Å². The van der Waals surface area contributed by atoms with E-state index in [9.17, 15) is 9.18 Å². The molecular formula is C15H21FN2O. The summed E-state index contributed by atoms with van der Waals surface area (Å²) in [6.45, 7) is 0.367. The summed E-state index contributed by atoms with van der Waals surface area (Å²) in [6, 6.07) is 6.12. The number of carbonyl (C=O) groups excluding carboxylic acids is 1. The van der Waals surface area contributed by atoms with Gasteiger partial charge in [-0.3, -0.25) is 4.79 Å². The van der Waals surface area contributed by atoms with Crippen LogP contribution in [0.15, 0.2) is 24.3 Å². The van der Waals surface area contributed by atoms with Gasteiger partial charge < -0.3 is 10.6 Å². The predicted octanol–water partition coefficient (Wildman–Crippen LogP) is 2.70. The highest BCUT2D eigenvalue weighted by Crippen LogP contribution is 2.37. The molecule has 2 N–H and O–H groups in total. The maximum Gasteiger partial charge on any atom is 0.234 e. The SMILES string of the molecule is CN(C(=O)C1(CN)CCCCC1)c1cccc(F)c1. The molecule has 1 amide bonds. The van der Waals surface area contributed by atoms with Crippen molar-refractivity contribution in [3.05, 3.63) is 30.1 Å². The monoisotopic (exact) mass is 264 g/mol. The minimum absolute atomic E-state index is 0.0142. The van der Waals surface area contributed by atoms with Crippen molar-refractivity contribution >= 4 is 11.6 Å². The number of halogens is 1. The Balaban J connectivity index is 2.22. The molecular weight excluding hydrogens is 243 g/mol. The van der Waals surface area contributed by atoms with Crippen molar-refractivity contribution in [1.82, 2.24) is 0 Å². The van der Waals surface area contributed by atoms with Crippen LogP contribution in [0.25, 0.3) is 0 Å². The minimum atomic E-state index is -0.459. The molecule has 4 heteroatoms. The van der Waals surface area contributed by atoms with Crippen LogP contribution in [0, 0.1) is 11.2 Å². The normalized spacial score (nSPS) is 18.1. The second-order valence-corrected chi connectivity index (χ2v) is 5.39. The lowest BCUT2D eigenvalue weighted by Crippen LogP contribution is -2.48. The Kier molecular flexibility index (Phi) is 4.20. The number of amides is 1. The molecule has 0 unspecified atom stereocenters. The van der Waals surface area contributed by atoms with E-state index < -0.39 is 5.41 Å². The van der Waals surface area contributed by atoms with Gasteiger partial charge in [0.1, 0.15) is 5.82 Å². The minimum Gasteiger partial charge on any atom is -0.329 e. The fraction of sp³-hybridized carbons (Fsp3) is 0.533. The zero-order chi connectivity index (χ0) is 13.9. The van der Waals surface area contributed by atoms with E-state index in [2.05, 4.69) is 0 Å². The van der Waals surface area contributed by atoms with Crippen molar-refractivity contribution in [1.29, 1.82) is 0 Å². The number of rotatable bonds is 3. The van der Waals surface area contributed by atoms with E-state index in [1.165, 1.54) is 18.6 Å². The Morgan fingerprint density at radius 1 is 1.37 bits per heavy atom. The van der Waals surface area contributed by atoms with E-state index in [0.717, 1.165) is 25.7 Å². The van der Waals surface area contributed by atoms with Crippen LogP contribution in [0.3, 0.4) is 0 Å². The lowest BCUT2D eigenvalue weighted by Gasteiger charge is -2.37. The summed E-state index contributed by atoms with van der Waals surface area (Å²) >= 11 is 0. The molecule has 0 heterocycles. The first-order valence-corrected chi connectivity index (χ1v) is 6.83. The molecule has 1 aromatic rings. The fourth-order valence-corrected chi connectivity index (χ4v) is 2.89. The second-order valence-electron chi connectivity index (χ2n) is 5.39. The average Bonchev–Trinajstić information content (AvgIpc) is 2.46. The van der Waals surface area contributed by atoms with E-state index in [1.54, 1.807) is 24.1 Å². The molecule has 0 saturated heterocycles. The highest BCUT2D eigenvalue weighted by Gasteiger charge is 2.40. The smallest absolute Gasteiger partial charge is 0.234 e. The zero-order valence-electron chi connectivity index (χ0n) is 11.4. The average molecular weight is 264 g/mol. The molecule has 104 valence electrons. The van der Waals surface area contributed by atoms with Crippen molar-refractivity contribution in [2.75, 3.05) is 18.5 Å². The lowest BCUT2D eigenvalue weighted by atomic mass is 9.73. The Morgan fingerprint density at radius 2 is 2.05 bits per heavy atom.